The molecule has 3 rings (SSSR count). The Morgan fingerprint density at radius 3 is 2.40 bits per heavy atom. The van der Waals surface area contributed by atoms with Gasteiger partial charge in [-0.2, -0.15) is 0 Å². The number of hydrogen-bond donors (Lipinski definition) is 1. The smallest absolute Gasteiger partial charge is 0.0214 e. The van der Waals surface area contributed by atoms with Crippen LogP contribution in [0.3, 0.4) is 0 Å². The van der Waals surface area contributed by atoms with Crippen molar-refractivity contribution in [2.24, 2.45) is 0 Å². The summed E-state index contributed by atoms with van der Waals surface area (Å²) in [7, 11) is 0. The molecule has 0 amide bonds. The molecule has 0 bridgehead atoms. The van der Waals surface area contributed by atoms with Crippen molar-refractivity contribution in [2.75, 3.05) is 6.54 Å². The lowest BCUT2D eigenvalue weighted by Gasteiger charge is -2.22. The molecule has 0 unspecified atom stereocenters. The number of benzene rings is 2. The van der Waals surface area contributed by atoms with Crippen LogP contribution in [0.2, 0.25) is 0 Å². The maximum atomic E-state index is 3.49. The highest BCUT2D eigenvalue weighted by Gasteiger charge is 2.15. The van der Waals surface area contributed by atoms with Gasteiger partial charge in [0.05, 0.1) is 0 Å². The molecule has 2 aromatic carbocycles. The molecule has 0 saturated carbocycles. The highest BCUT2D eigenvalue weighted by atomic mass is 14.9. The van der Waals surface area contributed by atoms with Gasteiger partial charge in [-0.1, -0.05) is 63.2 Å². The predicted octanol–water partition coefficient (Wildman–Crippen LogP) is 4.30. The van der Waals surface area contributed by atoms with Gasteiger partial charge in [-0.3, -0.25) is 0 Å². The molecule has 0 aromatic heterocycles. The largest absolute Gasteiger partial charge is 0.312 e. The van der Waals surface area contributed by atoms with Gasteiger partial charge in [0.15, 0.2) is 0 Å². The molecule has 1 nitrogen and oxygen atoms in total. The average Bonchev–Trinajstić information content (AvgIpc) is 2.46. The van der Waals surface area contributed by atoms with Gasteiger partial charge in [-0.05, 0) is 46.2 Å². The van der Waals surface area contributed by atoms with Crippen molar-refractivity contribution in [1.29, 1.82) is 0 Å². The fourth-order valence-electron chi connectivity index (χ4n) is 2.93. The van der Waals surface area contributed by atoms with Gasteiger partial charge in [-0.15, -0.1) is 0 Å². The molecular formula is C19H23N. The molecule has 1 aliphatic rings. The number of hydrogen-bond acceptors (Lipinski definition) is 1. The van der Waals surface area contributed by atoms with Gasteiger partial charge < -0.3 is 5.32 Å². The highest BCUT2D eigenvalue weighted by Crippen LogP contribution is 2.30. The van der Waals surface area contributed by atoms with Crippen molar-refractivity contribution in [2.45, 2.75) is 39.2 Å². The van der Waals surface area contributed by atoms with E-state index in [1.807, 2.05) is 0 Å². The van der Waals surface area contributed by atoms with Crippen molar-refractivity contribution >= 4 is 0 Å². The summed E-state index contributed by atoms with van der Waals surface area (Å²) in [6.45, 7) is 8.87. The zero-order valence-electron chi connectivity index (χ0n) is 12.7. The normalized spacial score (nSPS) is 14.9. The minimum Gasteiger partial charge on any atom is -0.312 e. The van der Waals surface area contributed by atoms with Crippen LogP contribution < -0.4 is 5.32 Å². The second-order valence-corrected chi connectivity index (χ2v) is 6.70. The lowest BCUT2D eigenvalue weighted by atomic mass is 9.85. The fourth-order valence-corrected chi connectivity index (χ4v) is 2.93. The Morgan fingerprint density at radius 1 is 0.950 bits per heavy atom. The van der Waals surface area contributed by atoms with Crippen molar-refractivity contribution < 1.29 is 0 Å². The number of nitrogens with one attached hydrogen (secondary N) is 1. The minimum atomic E-state index is 0.218. The molecule has 0 aliphatic carbocycles. The maximum Gasteiger partial charge on any atom is 0.0214 e. The van der Waals surface area contributed by atoms with Crippen molar-refractivity contribution in [3.63, 3.8) is 0 Å². The van der Waals surface area contributed by atoms with E-state index in [4.69, 9.17) is 0 Å². The van der Waals surface area contributed by atoms with Crippen LogP contribution in [0.1, 0.15) is 37.5 Å². The summed E-state index contributed by atoms with van der Waals surface area (Å²) in [5.74, 6) is 0. The summed E-state index contributed by atoms with van der Waals surface area (Å²) in [6, 6.07) is 15.8. The Bertz CT molecular complexity index is 603. The molecule has 1 N–H and O–H groups in total. The summed E-state index contributed by atoms with van der Waals surface area (Å²) in [4.78, 5) is 0. The first kappa shape index (κ1) is 13.4. The molecule has 20 heavy (non-hydrogen) atoms. The quantitative estimate of drug-likeness (QED) is 0.810. The van der Waals surface area contributed by atoms with Crippen LogP contribution in [-0.2, 0) is 18.4 Å². The lowest BCUT2D eigenvalue weighted by Crippen LogP contribution is -2.24. The van der Waals surface area contributed by atoms with Crippen LogP contribution in [-0.4, -0.2) is 6.54 Å². The maximum absolute atomic E-state index is 3.49. The number of fused-ring (bicyclic) bond motifs is 1. The Morgan fingerprint density at radius 2 is 1.70 bits per heavy atom. The van der Waals surface area contributed by atoms with Gasteiger partial charge in [0, 0.05) is 6.54 Å². The molecular weight excluding hydrogens is 242 g/mol. The SMILES string of the molecule is CC(C)(C)c1ccc(-c2cccc3c2CNCC3)cc1. The summed E-state index contributed by atoms with van der Waals surface area (Å²) >= 11 is 0. The first-order chi connectivity index (χ1) is 9.55. The van der Waals surface area contributed by atoms with Crippen LogP contribution in [0.4, 0.5) is 0 Å². The minimum absolute atomic E-state index is 0.218. The van der Waals surface area contributed by atoms with Crippen molar-refractivity contribution in [1.82, 2.24) is 5.32 Å². The van der Waals surface area contributed by atoms with E-state index in [0.717, 1.165) is 19.5 Å². The van der Waals surface area contributed by atoms with Crippen LogP contribution >= 0.6 is 0 Å². The van der Waals surface area contributed by atoms with Crippen molar-refractivity contribution in [3.05, 3.63) is 59.2 Å². The van der Waals surface area contributed by atoms with E-state index >= 15 is 0 Å². The molecule has 1 aliphatic heterocycles. The Labute approximate surface area is 122 Å². The third kappa shape index (κ3) is 2.51. The zero-order valence-corrected chi connectivity index (χ0v) is 12.7. The molecule has 0 atom stereocenters. The van der Waals surface area contributed by atoms with E-state index in [-0.39, 0.29) is 5.41 Å². The van der Waals surface area contributed by atoms with Gasteiger partial charge in [0.1, 0.15) is 0 Å². The summed E-state index contributed by atoms with van der Waals surface area (Å²) < 4.78 is 0. The second kappa shape index (κ2) is 5.06. The summed E-state index contributed by atoms with van der Waals surface area (Å²) in [6.07, 6.45) is 1.14. The van der Waals surface area contributed by atoms with Crippen LogP contribution in [0.5, 0.6) is 0 Å². The third-order valence-corrected chi connectivity index (χ3v) is 4.21. The highest BCUT2D eigenvalue weighted by molar-refractivity contribution is 5.69. The van der Waals surface area contributed by atoms with E-state index in [1.165, 1.54) is 27.8 Å². The predicted molar refractivity (Wildman–Crippen MR) is 86.0 cm³/mol. The molecule has 0 spiro atoms. The van der Waals surface area contributed by atoms with Gasteiger partial charge >= 0.3 is 0 Å². The van der Waals surface area contributed by atoms with Gasteiger partial charge in [0.2, 0.25) is 0 Å². The van der Waals surface area contributed by atoms with Crippen LogP contribution in [0.15, 0.2) is 42.5 Å². The van der Waals surface area contributed by atoms with E-state index in [1.54, 1.807) is 0 Å². The van der Waals surface area contributed by atoms with Gasteiger partial charge in [-0.25, -0.2) is 0 Å². The summed E-state index contributed by atoms with van der Waals surface area (Å²) in [5.41, 5.74) is 7.30. The lowest BCUT2D eigenvalue weighted by molar-refractivity contribution is 0.590. The monoisotopic (exact) mass is 265 g/mol. The first-order valence-corrected chi connectivity index (χ1v) is 7.48. The molecule has 0 radical (unpaired) electrons. The van der Waals surface area contributed by atoms with E-state index < -0.39 is 0 Å². The Kier molecular flexibility index (Phi) is 3.39. The van der Waals surface area contributed by atoms with Crippen molar-refractivity contribution in [3.8, 4) is 11.1 Å². The first-order valence-electron chi connectivity index (χ1n) is 7.48. The molecule has 1 heterocycles. The standard InChI is InChI=1S/C19H23N/c1-19(2,3)16-9-7-15(8-10-16)17-6-4-5-14-11-12-20-13-18(14)17/h4-10,20H,11-13H2,1-3H3. The molecule has 0 fully saturated rings. The average molecular weight is 265 g/mol. The number of rotatable bonds is 1. The molecule has 2 aromatic rings. The second-order valence-electron chi connectivity index (χ2n) is 6.70. The third-order valence-electron chi connectivity index (χ3n) is 4.21. The molecule has 1 heteroatoms. The van der Waals surface area contributed by atoms with E-state index in [2.05, 4.69) is 68.6 Å². The topological polar surface area (TPSA) is 12.0 Å². The zero-order chi connectivity index (χ0) is 14.2. The Balaban J connectivity index is 2.01. The summed E-state index contributed by atoms with van der Waals surface area (Å²) in [5, 5.41) is 3.49. The van der Waals surface area contributed by atoms with E-state index in [9.17, 15) is 0 Å². The Hall–Kier alpha value is -1.60. The van der Waals surface area contributed by atoms with Crippen LogP contribution in [0, 0.1) is 0 Å². The van der Waals surface area contributed by atoms with E-state index in [0.29, 0.717) is 0 Å². The molecule has 104 valence electrons. The fraction of sp³-hybridized carbons (Fsp3) is 0.368. The van der Waals surface area contributed by atoms with Crippen LogP contribution in [0.25, 0.3) is 11.1 Å². The molecule has 0 saturated heterocycles. The van der Waals surface area contributed by atoms with Gasteiger partial charge in [0.25, 0.3) is 0 Å².